The SMILES string of the molecule is CCOc1ccc(OC(=O)c2ccc3c(=O)n4c(nc3c2)CCCCC4)cc1. The number of aromatic nitrogens is 2. The molecule has 1 aliphatic rings. The maximum atomic E-state index is 12.8. The molecule has 144 valence electrons. The van der Waals surface area contributed by atoms with Gasteiger partial charge in [0.1, 0.15) is 17.3 Å². The van der Waals surface area contributed by atoms with Gasteiger partial charge in [-0.15, -0.1) is 0 Å². The number of ether oxygens (including phenoxy) is 2. The lowest BCUT2D eigenvalue weighted by Crippen LogP contribution is -2.24. The molecule has 4 rings (SSSR count). The molecule has 6 nitrogen and oxygen atoms in total. The van der Waals surface area contributed by atoms with E-state index >= 15 is 0 Å². The van der Waals surface area contributed by atoms with E-state index in [0.29, 0.717) is 35.4 Å². The van der Waals surface area contributed by atoms with Crippen LogP contribution in [0.2, 0.25) is 0 Å². The maximum absolute atomic E-state index is 12.8. The summed E-state index contributed by atoms with van der Waals surface area (Å²) < 4.78 is 12.6. The number of nitrogens with zero attached hydrogens (tertiary/aromatic N) is 2. The fourth-order valence-electron chi connectivity index (χ4n) is 3.48. The average molecular weight is 378 g/mol. The maximum Gasteiger partial charge on any atom is 0.343 e. The minimum absolute atomic E-state index is 0.0340. The van der Waals surface area contributed by atoms with Crippen molar-refractivity contribution in [2.24, 2.45) is 0 Å². The Morgan fingerprint density at radius 2 is 1.86 bits per heavy atom. The quantitative estimate of drug-likeness (QED) is 0.511. The number of rotatable bonds is 4. The zero-order valence-corrected chi connectivity index (χ0v) is 15.8. The molecule has 0 radical (unpaired) electrons. The molecular formula is C22H22N2O4. The molecule has 0 saturated heterocycles. The van der Waals surface area contributed by atoms with Gasteiger partial charge in [-0.25, -0.2) is 9.78 Å². The van der Waals surface area contributed by atoms with Crippen LogP contribution in [-0.4, -0.2) is 22.1 Å². The predicted octanol–water partition coefficient (Wildman–Crippen LogP) is 3.74. The van der Waals surface area contributed by atoms with Gasteiger partial charge in [-0.2, -0.15) is 0 Å². The van der Waals surface area contributed by atoms with Crippen LogP contribution in [0.5, 0.6) is 11.5 Å². The summed E-state index contributed by atoms with van der Waals surface area (Å²) in [5, 5.41) is 0.531. The number of hydrogen-bond donors (Lipinski definition) is 0. The Balaban J connectivity index is 1.61. The second-order valence-corrected chi connectivity index (χ2v) is 6.82. The third-order valence-electron chi connectivity index (χ3n) is 4.90. The van der Waals surface area contributed by atoms with Crippen molar-refractivity contribution in [2.75, 3.05) is 6.61 Å². The number of carbonyl (C=O) groups excluding carboxylic acids is 1. The Hall–Kier alpha value is -3.15. The summed E-state index contributed by atoms with van der Waals surface area (Å²) >= 11 is 0. The molecule has 0 unspecified atom stereocenters. The van der Waals surface area contributed by atoms with Crippen molar-refractivity contribution in [3.8, 4) is 11.5 Å². The van der Waals surface area contributed by atoms with E-state index in [9.17, 15) is 9.59 Å². The summed E-state index contributed by atoms with van der Waals surface area (Å²) in [5.41, 5.74) is 0.875. The molecule has 0 atom stereocenters. The Morgan fingerprint density at radius 3 is 2.64 bits per heavy atom. The Labute approximate surface area is 162 Å². The van der Waals surface area contributed by atoms with E-state index in [4.69, 9.17) is 9.47 Å². The first-order chi connectivity index (χ1) is 13.7. The van der Waals surface area contributed by atoms with Gasteiger partial charge in [-0.3, -0.25) is 9.36 Å². The standard InChI is InChI=1S/C22H22N2O4/c1-2-27-16-8-10-17(11-9-16)28-22(26)15-7-12-18-19(14-15)23-20-6-4-3-5-13-24(20)21(18)25/h7-12,14H,2-6,13H2,1H3. The van der Waals surface area contributed by atoms with Crippen LogP contribution in [-0.2, 0) is 13.0 Å². The summed E-state index contributed by atoms with van der Waals surface area (Å²) in [6.45, 7) is 3.19. The molecule has 0 bridgehead atoms. The van der Waals surface area contributed by atoms with Gasteiger partial charge in [0.2, 0.25) is 0 Å². The van der Waals surface area contributed by atoms with Crippen molar-refractivity contribution >= 4 is 16.9 Å². The first kappa shape index (κ1) is 18.2. The van der Waals surface area contributed by atoms with Gasteiger partial charge < -0.3 is 9.47 Å². The first-order valence-corrected chi connectivity index (χ1v) is 9.64. The van der Waals surface area contributed by atoms with Crippen molar-refractivity contribution in [1.29, 1.82) is 0 Å². The van der Waals surface area contributed by atoms with Crippen LogP contribution >= 0.6 is 0 Å². The highest BCUT2D eigenvalue weighted by molar-refractivity contribution is 5.95. The Kier molecular flexibility index (Phi) is 5.10. The van der Waals surface area contributed by atoms with Crippen molar-refractivity contribution in [3.05, 3.63) is 64.2 Å². The molecule has 2 aromatic carbocycles. The molecule has 0 fully saturated rings. The summed E-state index contributed by atoms with van der Waals surface area (Å²) in [7, 11) is 0. The largest absolute Gasteiger partial charge is 0.494 e. The van der Waals surface area contributed by atoms with Crippen LogP contribution in [0.3, 0.4) is 0 Å². The molecule has 0 spiro atoms. The third kappa shape index (κ3) is 3.63. The van der Waals surface area contributed by atoms with Gasteiger partial charge in [0.15, 0.2) is 0 Å². The number of hydrogen-bond acceptors (Lipinski definition) is 5. The third-order valence-corrected chi connectivity index (χ3v) is 4.90. The molecule has 6 heteroatoms. The zero-order valence-electron chi connectivity index (χ0n) is 15.8. The van der Waals surface area contributed by atoms with E-state index in [-0.39, 0.29) is 5.56 Å². The molecule has 0 amide bonds. The minimum Gasteiger partial charge on any atom is -0.494 e. The molecular weight excluding hydrogens is 356 g/mol. The zero-order chi connectivity index (χ0) is 19.5. The average Bonchev–Trinajstić information content (AvgIpc) is 2.95. The number of aryl methyl sites for hydroxylation is 1. The molecule has 1 aromatic heterocycles. The Bertz CT molecular complexity index is 1070. The van der Waals surface area contributed by atoms with E-state index < -0.39 is 5.97 Å². The second-order valence-electron chi connectivity index (χ2n) is 6.82. The van der Waals surface area contributed by atoms with Gasteiger partial charge >= 0.3 is 5.97 Å². The van der Waals surface area contributed by atoms with Crippen molar-refractivity contribution < 1.29 is 14.3 Å². The number of esters is 1. The second kappa shape index (κ2) is 7.84. The lowest BCUT2D eigenvalue weighted by Gasteiger charge is -2.11. The highest BCUT2D eigenvalue weighted by Crippen LogP contribution is 2.20. The Morgan fingerprint density at radius 1 is 1.07 bits per heavy atom. The van der Waals surface area contributed by atoms with Gasteiger partial charge in [-0.1, -0.05) is 6.42 Å². The van der Waals surface area contributed by atoms with E-state index in [2.05, 4.69) is 4.98 Å². The highest BCUT2D eigenvalue weighted by Gasteiger charge is 2.16. The minimum atomic E-state index is -0.483. The number of carbonyl (C=O) groups is 1. The van der Waals surface area contributed by atoms with Crippen molar-refractivity contribution in [2.45, 2.75) is 39.2 Å². The van der Waals surface area contributed by atoms with Gasteiger partial charge in [0.25, 0.3) is 5.56 Å². The molecule has 0 saturated carbocycles. The topological polar surface area (TPSA) is 70.4 Å². The number of benzene rings is 2. The smallest absolute Gasteiger partial charge is 0.343 e. The van der Waals surface area contributed by atoms with Gasteiger partial charge in [0.05, 0.1) is 23.1 Å². The predicted molar refractivity (Wildman–Crippen MR) is 106 cm³/mol. The van der Waals surface area contributed by atoms with E-state index in [1.807, 2.05) is 6.92 Å². The number of fused-ring (bicyclic) bond motifs is 2. The first-order valence-electron chi connectivity index (χ1n) is 9.64. The molecule has 0 aliphatic carbocycles. The van der Waals surface area contributed by atoms with E-state index in [1.165, 1.54) is 0 Å². The van der Waals surface area contributed by atoms with Gasteiger partial charge in [-0.05, 0) is 62.2 Å². The molecule has 3 aromatic rings. The fourth-order valence-corrected chi connectivity index (χ4v) is 3.48. The molecule has 2 heterocycles. The summed E-state index contributed by atoms with van der Waals surface area (Å²) in [4.78, 5) is 30.0. The highest BCUT2D eigenvalue weighted by atomic mass is 16.5. The summed E-state index contributed by atoms with van der Waals surface area (Å²) in [6, 6.07) is 11.8. The van der Waals surface area contributed by atoms with Gasteiger partial charge in [0, 0.05) is 13.0 Å². The van der Waals surface area contributed by atoms with Crippen LogP contribution in [0, 0.1) is 0 Å². The molecule has 0 N–H and O–H groups in total. The summed E-state index contributed by atoms with van der Waals surface area (Å²) in [5.74, 6) is 1.47. The normalized spacial score (nSPS) is 13.6. The monoisotopic (exact) mass is 378 g/mol. The van der Waals surface area contributed by atoms with Crippen molar-refractivity contribution in [3.63, 3.8) is 0 Å². The molecule has 1 aliphatic heterocycles. The fraction of sp³-hybridized carbons (Fsp3) is 0.318. The molecule has 28 heavy (non-hydrogen) atoms. The lowest BCUT2D eigenvalue weighted by atomic mass is 10.1. The summed E-state index contributed by atoms with van der Waals surface area (Å²) in [6.07, 6.45) is 3.90. The van der Waals surface area contributed by atoms with E-state index in [1.54, 1.807) is 47.0 Å². The van der Waals surface area contributed by atoms with E-state index in [0.717, 1.165) is 37.3 Å². The van der Waals surface area contributed by atoms with Crippen LogP contribution in [0.1, 0.15) is 42.4 Å². The van der Waals surface area contributed by atoms with Crippen LogP contribution in [0.4, 0.5) is 0 Å². The lowest BCUT2D eigenvalue weighted by molar-refractivity contribution is 0.0734. The van der Waals surface area contributed by atoms with Crippen molar-refractivity contribution in [1.82, 2.24) is 9.55 Å². The van der Waals surface area contributed by atoms with Crippen LogP contribution in [0.15, 0.2) is 47.3 Å². The van der Waals surface area contributed by atoms with Crippen LogP contribution < -0.4 is 15.0 Å². The van der Waals surface area contributed by atoms with Crippen LogP contribution in [0.25, 0.3) is 10.9 Å².